The van der Waals surface area contributed by atoms with Crippen LogP contribution in [0.15, 0.2) is 42.5 Å². The van der Waals surface area contributed by atoms with Crippen LogP contribution in [0.25, 0.3) is 0 Å². The number of hydrogen-bond donors (Lipinski definition) is 2. The van der Waals surface area contributed by atoms with Gasteiger partial charge in [-0.3, -0.25) is 10.1 Å². The highest BCUT2D eigenvalue weighted by Gasteiger charge is 2.23. The van der Waals surface area contributed by atoms with Gasteiger partial charge in [-0.1, -0.05) is 30.3 Å². The van der Waals surface area contributed by atoms with E-state index >= 15 is 0 Å². The zero-order valence-electron chi connectivity index (χ0n) is 13.5. The van der Waals surface area contributed by atoms with E-state index in [2.05, 4.69) is 5.32 Å². The summed E-state index contributed by atoms with van der Waals surface area (Å²) in [6.45, 7) is 1.95. The van der Waals surface area contributed by atoms with Crippen LogP contribution < -0.4 is 10.1 Å². The number of hydrogen-bond acceptors (Lipinski definition) is 5. The second-order valence-electron chi connectivity index (χ2n) is 5.58. The molecule has 0 heterocycles. The highest BCUT2D eigenvalue weighted by molar-refractivity contribution is 5.59. The molecule has 128 valence electrons. The van der Waals surface area contributed by atoms with Crippen LogP contribution in [0.3, 0.4) is 0 Å². The zero-order valence-corrected chi connectivity index (χ0v) is 13.5. The Balaban J connectivity index is 2.08. The lowest BCUT2D eigenvalue weighted by Crippen LogP contribution is -2.24. The van der Waals surface area contributed by atoms with Gasteiger partial charge in [0.05, 0.1) is 29.4 Å². The molecule has 0 amide bonds. The monoisotopic (exact) mass is 334 g/mol. The van der Waals surface area contributed by atoms with Crippen molar-refractivity contribution < 1.29 is 19.2 Å². The summed E-state index contributed by atoms with van der Waals surface area (Å²) in [7, 11) is 1.28. The third-order valence-corrected chi connectivity index (χ3v) is 3.79. The molecule has 2 aromatic carbocycles. The third kappa shape index (κ3) is 3.99. The summed E-state index contributed by atoms with van der Waals surface area (Å²) in [5, 5.41) is 24.2. The minimum atomic E-state index is -1.07. The van der Waals surface area contributed by atoms with Gasteiger partial charge in [-0.25, -0.2) is 4.39 Å². The number of methoxy groups -OCH3 is 1. The van der Waals surface area contributed by atoms with Crippen molar-refractivity contribution in [2.24, 2.45) is 0 Å². The van der Waals surface area contributed by atoms with Gasteiger partial charge in [0.25, 0.3) is 0 Å². The number of nitrogens with one attached hydrogen (secondary N) is 1. The molecule has 2 rings (SSSR count). The number of anilines is 1. The Hall–Kier alpha value is -2.67. The van der Waals surface area contributed by atoms with E-state index in [9.17, 15) is 19.6 Å². The van der Waals surface area contributed by atoms with E-state index in [1.165, 1.54) is 13.2 Å². The fourth-order valence-electron chi connectivity index (χ4n) is 2.37. The predicted octanol–water partition coefficient (Wildman–Crippen LogP) is 3.45. The number of nitrogens with zero attached hydrogens (tertiary/aromatic N) is 1. The first kappa shape index (κ1) is 17.7. The lowest BCUT2D eigenvalue weighted by atomic mass is 9.92. The molecule has 0 radical (unpaired) electrons. The van der Waals surface area contributed by atoms with Gasteiger partial charge in [-0.2, -0.15) is 0 Å². The van der Waals surface area contributed by atoms with Crippen LogP contribution in [0.5, 0.6) is 5.75 Å². The van der Waals surface area contributed by atoms with Crippen molar-refractivity contribution in [3.8, 4) is 5.75 Å². The number of halogens is 1. The zero-order chi connectivity index (χ0) is 17.7. The lowest BCUT2D eigenvalue weighted by molar-refractivity contribution is -0.385. The predicted molar refractivity (Wildman–Crippen MR) is 88.7 cm³/mol. The summed E-state index contributed by atoms with van der Waals surface area (Å²) >= 11 is 0. The van der Waals surface area contributed by atoms with Gasteiger partial charge in [0.15, 0.2) is 11.6 Å². The van der Waals surface area contributed by atoms with Crippen LogP contribution in [0.1, 0.15) is 18.9 Å². The quantitative estimate of drug-likeness (QED) is 0.598. The van der Waals surface area contributed by atoms with Crippen molar-refractivity contribution in [2.75, 3.05) is 19.0 Å². The summed E-state index contributed by atoms with van der Waals surface area (Å²) in [5.41, 5.74) is -0.665. The Morgan fingerprint density at radius 1 is 1.33 bits per heavy atom. The first-order chi connectivity index (χ1) is 11.3. The molecule has 6 nitrogen and oxygen atoms in total. The molecule has 0 bridgehead atoms. The van der Waals surface area contributed by atoms with Crippen molar-refractivity contribution in [3.63, 3.8) is 0 Å². The normalized spacial score (nSPS) is 13.2. The van der Waals surface area contributed by atoms with E-state index in [1.54, 1.807) is 6.92 Å². The second kappa shape index (κ2) is 7.27. The van der Waals surface area contributed by atoms with E-state index < -0.39 is 22.0 Å². The van der Waals surface area contributed by atoms with Crippen LogP contribution >= 0.6 is 0 Å². The first-order valence-electron chi connectivity index (χ1n) is 7.39. The maximum Gasteiger partial charge on any atom is 0.313 e. The molecular formula is C17H19FN2O4. The summed E-state index contributed by atoms with van der Waals surface area (Å²) < 4.78 is 18.9. The molecule has 1 atom stereocenters. The van der Waals surface area contributed by atoms with Crippen molar-refractivity contribution in [3.05, 3.63) is 64.0 Å². The van der Waals surface area contributed by atoms with E-state index in [4.69, 9.17) is 4.74 Å². The minimum Gasteiger partial charge on any atom is -0.490 e. The molecule has 24 heavy (non-hydrogen) atoms. The average Bonchev–Trinajstić information content (AvgIpc) is 2.56. The van der Waals surface area contributed by atoms with E-state index in [-0.39, 0.29) is 18.0 Å². The van der Waals surface area contributed by atoms with Gasteiger partial charge in [-0.05, 0) is 18.9 Å². The molecule has 0 spiro atoms. The van der Waals surface area contributed by atoms with E-state index in [0.717, 1.165) is 11.6 Å². The van der Waals surface area contributed by atoms with Gasteiger partial charge in [0.2, 0.25) is 0 Å². The smallest absolute Gasteiger partial charge is 0.313 e. The van der Waals surface area contributed by atoms with Crippen molar-refractivity contribution in [2.45, 2.75) is 18.9 Å². The van der Waals surface area contributed by atoms with Gasteiger partial charge in [-0.15, -0.1) is 0 Å². The molecule has 0 fully saturated rings. The van der Waals surface area contributed by atoms with Crippen molar-refractivity contribution >= 4 is 11.4 Å². The molecule has 0 aliphatic rings. The minimum absolute atomic E-state index is 0.0290. The average molecular weight is 334 g/mol. The molecule has 7 heteroatoms. The summed E-state index contributed by atoms with van der Waals surface area (Å²) in [6, 6.07) is 11.2. The Labute approximate surface area is 139 Å². The summed E-state index contributed by atoms with van der Waals surface area (Å²) in [5.74, 6) is -0.777. The number of nitro groups is 1. The Bertz CT molecular complexity index is 720. The van der Waals surface area contributed by atoms with Crippen LogP contribution in [0.4, 0.5) is 15.8 Å². The largest absolute Gasteiger partial charge is 0.490 e. The lowest BCUT2D eigenvalue weighted by Gasteiger charge is -2.24. The molecular weight excluding hydrogens is 315 g/mol. The number of aliphatic hydroxyl groups is 1. The second-order valence-corrected chi connectivity index (χ2v) is 5.58. The fraction of sp³-hybridized carbons (Fsp3) is 0.294. The van der Waals surface area contributed by atoms with Crippen molar-refractivity contribution in [1.82, 2.24) is 0 Å². The standard InChI is InChI=1S/C17H19FN2O4/c1-17(21,12-6-4-3-5-7-12)8-9-19-14-11-16(24-2)15(20(22)23)10-13(14)18/h3-7,10-11,19,21H,8-9H2,1-2H3. The summed E-state index contributed by atoms with van der Waals surface area (Å²) in [4.78, 5) is 10.1. The van der Waals surface area contributed by atoms with Gasteiger partial charge < -0.3 is 15.2 Å². The van der Waals surface area contributed by atoms with Gasteiger partial charge in [0, 0.05) is 12.6 Å². The Kier molecular flexibility index (Phi) is 5.35. The maximum atomic E-state index is 14.0. The molecule has 1 unspecified atom stereocenters. The molecule has 0 aliphatic carbocycles. The van der Waals surface area contributed by atoms with Crippen LogP contribution in [-0.2, 0) is 5.60 Å². The molecule has 0 saturated carbocycles. The number of benzene rings is 2. The van der Waals surface area contributed by atoms with Gasteiger partial charge in [0.1, 0.15) is 0 Å². The first-order valence-corrected chi connectivity index (χ1v) is 7.39. The molecule has 0 aromatic heterocycles. The van der Waals surface area contributed by atoms with Crippen LogP contribution in [-0.4, -0.2) is 23.7 Å². The summed E-state index contributed by atoms with van der Waals surface area (Å²) in [6.07, 6.45) is 0.329. The van der Waals surface area contributed by atoms with E-state index in [0.29, 0.717) is 6.42 Å². The van der Waals surface area contributed by atoms with Crippen LogP contribution in [0, 0.1) is 15.9 Å². The highest BCUT2D eigenvalue weighted by Crippen LogP contribution is 2.32. The molecule has 2 N–H and O–H groups in total. The van der Waals surface area contributed by atoms with Crippen LogP contribution in [0.2, 0.25) is 0 Å². The fourth-order valence-corrected chi connectivity index (χ4v) is 2.37. The third-order valence-electron chi connectivity index (χ3n) is 3.79. The van der Waals surface area contributed by atoms with E-state index in [1.807, 2.05) is 30.3 Å². The highest BCUT2D eigenvalue weighted by atomic mass is 19.1. The number of ether oxygens (including phenoxy) is 1. The van der Waals surface area contributed by atoms with Crippen molar-refractivity contribution in [1.29, 1.82) is 0 Å². The number of rotatable bonds is 7. The topological polar surface area (TPSA) is 84.6 Å². The SMILES string of the molecule is COc1cc(NCCC(C)(O)c2ccccc2)c(F)cc1[N+](=O)[O-]. The maximum absolute atomic E-state index is 14.0. The molecule has 0 saturated heterocycles. The molecule has 2 aromatic rings. The Morgan fingerprint density at radius 3 is 2.58 bits per heavy atom. The number of nitro benzene ring substituents is 1. The molecule has 0 aliphatic heterocycles. The van der Waals surface area contributed by atoms with Gasteiger partial charge >= 0.3 is 5.69 Å². The Morgan fingerprint density at radius 2 is 2.00 bits per heavy atom.